The predicted octanol–water partition coefficient (Wildman–Crippen LogP) is 0.609. The Morgan fingerprint density at radius 1 is 1.48 bits per heavy atom. The SMILES string of the molecule is Cc1[nH]nc(N)c1C(O)C(O)CCNC(=O)OC(C)(C)C. The smallest absolute Gasteiger partial charge is 0.407 e. The van der Waals surface area contributed by atoms with E-state index in [-0.39, 0.29) is 18.8 Å². The third-order valence-electron chi connectivity index (χ3n) is 2.79. The number of alkyl carbamates (subject to hydrolysis) is 1. The molecule has 0 fully saturated rings. The van der Waals surface area contributed by atoms with Crippen molar-refractivity contribution in [1.82, 2.24) is 15.5 Å². The van der Waals surface area contributed by atoms with Gasteiger partial charge in [-0.25, -0.2) is 4.79 Å². The van der Waals surface area contributed by atoms with E-state index < -0.39 is 23.9 Å². The second kappa shape index (κ2) is 6.77. The van der Waals surface area contributed by atoms with Crippen LogP contribution in [0.5, 0.6) is 0 Å². The number of aromatic amines is 1. The zero-order valence-electron chi connectivity index (χ0n) is 12.8. The van der Waals surface area contributed by atoms with Gasteiger partial charge >= 0.3 is 6.09 Å². The summed E-state index contributed by atoms with van der Waals surface area (Å²) >= 11 is 0. The van der Waals surface area contributed by atoms with Crippen LogP contribution in [0.25, 0.3) is 0 Å². The van der Waals surface area contributed by atoms with Gasteiger partial charge in [-0.2, -0.15) is 5.10 Å². The van der Waals surface area contributed by atoms with Gasteiger partial charge in [0.2, 0.25) is 0 Å². The average molecular weight is 300 g/mol. The molecule has 2 unspecified atom stereocenters. The quantitative estimate of drug-likeness (QED) is 0.541. The molecular formula is C13H24N4O4. The molecule has 1 aromatic rings. The summed E-state index contributed by atoms with van der Waals surface area (Å²) in [5, 5.41) is 28.9. The Kier molecular flexibility index (Phi) is 5.56. The van der Waals surface area contributed by atoms with E-state index in [0.717, 1.165) is 0 Å². The van der Waals surface area contributed by atoms with Crippen LogP contribution in [0.4, 0.5) is 10.6 Å². The zero-order valence-corrected chi connectivity index (χ0v) is 12.8. The lowest BCUT2D eigenvalue weighted by Crippen LogP contribution is -2.34. The number of aliphatic hydroxyl groups is 2. The number of ether oxygens (including phenoxy) is 1. The van der Waals surface area contributed by atoms with Gasteiger partial charge in [-0.1, -0.05) is 0 Å². The molecule has 0 saturated carbocycles. The summed E-state index contributed by atoms with van der Waals surface area (Å²) in [6, 6.07) is 0. The Bertz CT molecular complexity index is 462. The molecule has 0 aliphatic heterocycles. The van der Waals surface area contributed by atoms with E-state index in [1.54, 1.807) is 27.7 Å². The van der Waals surface area contributed by atoms with Crippen LogP contribution < -0.4 is 11.1 Å². The third-order valence-corrected chi connectivity index (χ3v) is 2.79. The molecule has 8 nitrogen and oxygen atoms in total. The van der Waals surface area contributed by atoms with Crippen LogP contribution in [0.1, 0.15) is 44.6 Å². The van der Waals surface area contributed by atoms with Crippen molar-refractivity contribution in [3.8, 4) is 0 Å². The van der Waals surface area contributed by atoms with Gasteiger partial charge in [-0.05, 0) is 34.1 Å². The number of anilines is 1. The fourth-order valence-electron chi connectivity index (χ4n) is 1.82. The number of aromatic nitrogens is 2. The van der Waals surface area contributed by atoms with Crippen LogP contribution in [-0.2, 0) is 4.74 Å². The molecule has 0 aromatic carbocycles. The zero-order chi connectivity index (χ0) is 16.2. The summed E-state index contributed by atoms with van der Waals surface area (Å²) in [5.41, 5.74) is 6.02. The normalized spacial score (nSPS) is 14.6. The van der Waals surface area contributed by atoms with Crippen molar-refractivity contribution in [2.45, 2.75) is 51.9 Å². The number of nitrogen functional groups attached to an aromatic ring is 1. The number of H-pyrrole nitrogens is 1. The van der Waals surface area contributed by atoms with Gasteiger partial charge in [-0.3, -0.25) is 5.10 Å². The van der Waals surface area contributed by atoms with E-state index in [9.17, 15) is 15.0 Å². The minimum Gasteiger partial charge on any atom is -0.444 e. The highest BCUT2D eigenvalue weighted by Crippen LogP contribution is 2.25. The highest BCUT2D eigenvalue weighted by molar-refractivity contribution is 5.67. The van der Waals surface area contributed by atoms with Crippen molar-refractivity contribution < 1.29 is 19.7 Å². The summed E-state index contributed by atoms with van der Waals surface area (Å²) in [5.74, 6) is 0.152. The van der Waals surface area contributed by atoms with Gasteiger partial charge in [0, 0.05) is 17.8 Å². The molecule has 120 valence electrons. The molecule has 0 aliphatic carbocycles. The lowest BCUT2D eigenvalue weighted by Gasteiger charge is -2.21. The van der Waals surface area contributed by atoms with Crippen molar-refractivity contribution >= 4 is 11.9 Å². The summed E-state index contributed by atoms with van der Waals surface area (Å²) in [6.07, 6.45) is -2.64. The molecule has 6 N–H and O–H groups in total. The monoisotopic (exact) mass is 300 g/mol. The summed E-state index contributed by atoms with van der Waals surface area (Å²) < 4.78 is 5.06. The molecule has 0 bridgehead atoms. The van der Waals surface area contributed by atoms with Gasteiger partial charge in [0.15, 0.2) is 5.82 Å². The fraction of sp³-hybridized carbons (Fsp3) is 0.692. The number of nitrogens with zero attached hydrogens (tertiary/aromatic N) is 1. The highest BCUT2D eigenvalue weighted by atomic mass is 16.6. The molecule has 0 radical (unpaired) electrons. The maximum Gasteiger partial charge on any atom is 0.407 e. The van der Waals surface area contributed by atoms with Crippen LogP contribution in [-0.4, -0.2) is 44.8 Å². The predicted molar refractivity (Wildman–Crippen MR) is 77.6 cm³/mol. The molecule has 1 aromatic heterocycles. The van der Waals surface area contributed by atoms with Crippen molar-refractivity contribution in [3.05, 3.63) is 11.3 Å². The fourth-order valence-corrected chi connectivity index (χ4v) is 1.82. The molecule has 8 heteroatoms. The molecule has 1 amide bonds. The lowest BCUT2D eigenvalue weighted by atomic mass is 10.0. The summed E-state index contributed by atoms with van der Waals surface area (Å²) in [6.45, 7) is 7.15. The Morgan fingerprint density at radius 3 is 2.57 bits per heavy atom. The molecule has 1 heterocycles. The van der Waals surface area contributed by atoms with Crippen LogP contribution >= 0.6 is 0 Å². The Balaban J connectivity index is 2.44. The number of carbonyl (C=O) groups is 1. The maximum atomic E-state index is 11.4. The highest BCUT2D eigenvalue weighted by Gasteiger charge is 2.24. The summed E-state index contributed by atoms with van der Waals surface area (Å²) in [7, 11) is 0. The first-order valence-electron chi connectivity index (χ1n) is 6.75. The molecule has 21 heavy (non-hydrogen) atoms. The number of hydrogen-bond donors (Lipinski definition) is 5. The topological polar surface area (TPSA) is 133 Å². The van der Waals surface area contributed by atoms with E-state index in [2.05, 4.69) is 15.5 Å². The first kappa shape index (κ1) is 17.3. The van der Waals surface area contributed by atoms with Crippen LogP contribution in [0.3, 0.4) is 0 Å². The van der Waals surface area contributed by atoms with Crippen LogP contribution in [0.2, 0.25) is 0 Å². The number of hydrogen-bond acceptors (Lipinski definition) is 6. The number of nitrogens with one attached hydrogen (secondary N) is 2. The van der Waals surface area contributed by atoms with E-state index in [4.69, 9.17) is 10.5 Å². The number of aliphatic hydroxyl groups excluding tert-OH is 2. The second-order valence-electron chi connectivity index (χ2n) is 5.88. The number of carbonyl (C=O) groups excluding carboxylic acids is 1. The number of nitrogens with two attached hydrogens (primary N) is 1. The number of rotatable bonds is 5. The van der Waals surface area contributed by atoms with Crippen molar-refractivity contribution in [2.75, 3.05) is 12.3 Å². The molecule has 1 rings (SSSR count). The van der Waals surface area contributed by atoms with Gasteiger partial charge < -0.3 is 26.0 Å². The van der Waals surface area contributed by atoms with E-state index >= 15 is 0 Å². The summed E-state index contributed by atoms with van der Waals surface area (Å²) in [4.78, 5) is 11.4. The largest absolute Gasteiger partial charge is 0.444 e. The molecule has 0 spiro atoms. The molecular weight excluding hydrogens is 276 g/mol. The Labute approximate surface area is 123 Å². The second-order valence-corrected chi connectivity index (χ2v) is 5.88. The molecule has 0 saturated heterocycles. The van der Waals surface area contributed by atoms with Gasteiger partial charge in [-0.15, -0.1) is 0 Å². The lowest BCUT2D eigenvalue weighted by molar-refractivity contribution is 0.0123. The Morgan fingerprint density at radius 2 is 2.10 bits per heavy atom. The minimum absolute atomic E-state index is 0.152. The van der Waals surface area contributed by atoms with E-state index in [1.807, 2.05) is 0 Å². The van der Waals surface area contributed by atoms with Crippen molar-refractivity contribution in [1.29, 1.82) is 0 Å². The van der Waals surface area contributed by atoms with E-state index in [1.165, 1.54) is 0 Å². The minimum atomic E-state index is -1.16. The van der Waals surface area contributed by atoms with Gasteiger partial charge in [0.25, 0.3) is 0 Å². The van der Waals surface area contributed by atoms with Crippen molar-refractivity contribution in [3.63, 3.8) is 0 Å². The maximum absolute atomic E-state index is 11.4. The first-order valence-corrected chi connectivity index (χ1v) is 6.75. The first-order chi connectivity index (χ1) is 9.61. The van der Waals surface area contributed by atoms with Gasteiger partial charge in [0.05, 0.1) is 6.10 Å². The number of aryl methyl sites for hydroxylation is 1. The third kappa shape index (κ3) is 5.24. The average Bonchev–Trinajstić information content (AvgIpc) is 2.65. The number of amides is 1. The molecule has 2 atom stereocenters. The Hall–Kier alpha value is -1.80. The van der Waals surface area contributed by atoms with E-state index in [0.29, 0.717) is 11.3 Å². The van der Waals surface area contributed by atoms with Crippen LogP contribution in [0.15, 0.2) is 0 Å². The standard InChI is InChI=1S/C13H24N4O4/c1-7-9(11(14)17-16-7)10(19)8(18)5-6-15-12(20)21-13(2,3)4/h8,10,18-19H,5-6H2,1-4H3,(H,15,20)(H3,14,16,17). The van der Waals surface area contributed by atoms with Crippen LogP contribution in [0, 0.1) is 6.92 Å². The van der Waals surface area contributed by atoms with Gasteiger partial charge in [0.1, 0.15) is 11.7 Å². The molecule has 0 aliphatic rings. The van der Waals surface area contributed by atoms with Crippen molar-refractivity contribution in [2.24, 2.45) is 0 Å².